The molecule has 1 aliphatic rings. The van der Waals surface area contributed by atoms with Crippen LogP contribution in [-0.4, -0.2) is 66.6 Å². The van der Waals surface area contributed by atoms with Gasteiger partial charge in [-0.1, -0.05) is 25.1 Å². The molecule has 8 heteroatoms. The van der Waals surface area contributed by atoms with Crippen LogP contribution in [-0.2, 0) is 16.6 Å². The van der Waals surface area contributed by atoms with Crippen molar-refractivity contribution in [3.05, 3.63) is 59.9 Å². The van der Waals surface area contributed by atoms with E-state index in [1.54, 1.807) is 37.5 Å². The topological polar surface area (TPSA) is 83.0 Å². The van der Waals surface area contributed by atoms with Crippen LogP contribution in [0.15, 0.2) is 53.7 Å². The Morgan fingerprint density at radius 2 is 2.03 bits per heavy atom. The highest BCUT2D eigenvalue weighted by Crippen LogP contribution is 2.34. The second kappa shape index (κ2) is 10.6. The Balaban J connectivity index is 1.97. The first kappa shape index (κ1) is 24.4. The largest absolute Gasteiger partial charge is 0.487 e. The minimum atomic E-state index is -3.82. The van der Waals surface area contributed by atoms with Gasteiger partial charge in [0.2, 0.25) is 10.0 Å². The van der Waals surface area contributed by atoms with E-state index < -0.39 is 16.1 Å². The smallest absolute Gasteiger partial charge is 0.247 e. The van der Waals surface area contributed by atoms with Crippen molar-refractivity contribution < 1.29 is 18.3 Å². The molecular weight excluding hydrogens is 426 g/mol. The average Bonchev–Trinajstić information content (AvgIpc) is 2.76. The zero-order valence-electron chi connectivity index (χ0n) is 19.2. The molecule has 0 fully saturated rings. The number of pyridine rings is 1. The third kappa shape index (κ3) is 5.56. The Morgan fingerprint density at radius 1 is 1.31 bits per heavy atom. The van der Waals surface area contributed by atoms with E-state index in [2.05, 4.69) is 9.88 Å². The maximum atomic E-state index is 13.5. The van der Waals surface area contributed by atoms with Crippen LogP contribution < -0.4 is 4.74 Å². The van der Waals surface area contributed by atoms with E-state index >= 15 is 0 Å². The number of ether oxygens (including phenoxy) is 1. The molecule has 0 saturated carbocycles. The number of aromatic nitrogens is 1. The minimum absolute atomic E-state index is 0.0859. The van der Waals surface area contributed by atoms with Crippen LogP contribution in [0.3, 0.4) is 0 Å². The highest BCUT2D eigenvalue weighted by atomic mass is 32.2. The first-order valence-electron chi connectivity index (χ1n) is 10.9. The van der Waals surface area contributed by atoms with Crippen molar-refractivity contribution in [2.45, 2.75) is 44.4 Å². The van der Waals surface area contributed by atoms with Crippen LogP contribution in [0.25, 0.3) is 6.08 Å². The molecule has 2 heterocycles. The maximum absolute atomic E-state index is 13.5. The Labute approximate surface area is 191 Å². The molecule has 32 heavy (non-hydrogen) atoms. The van der Waals surface area contributed by atoms with Gasteiger partial charge in [0.15, 0.2) is 0 Å². The van der Waals surface area contributed by atoms with Gasteiger partial charge < -0.3 is 9.84 Å². The van der Waals surface area contributed by atoms with Crippen molar-refractivity contribution in [2.75, 3.05) is 26.7 Å². The number of rotatable bonds is 7. The maximum Gasteiger partial charge on any atom is 0.247 e. The monoisotopic (exact) mass is 459 g/mol. The zero-order valence-corrected chi connectivity index (χ0v) is 20.0. The van der Waals surface area contributed by atoms with Crippen LogP contribution in [0.4, 0.5) is 0 Å². The number of nitrogens with zero attached hydrogens (tertiary/aromatic N) is 3. The molecule has 174 valence electrons. The molecular formula is C24H33N3O4S. The summed E-state index contributed by atoms with van der Waals surface area (Å²) in [6.07, 6.45) is 7.14. The summed E-state index contributed by atoms with van der Waals surface area (Å²) < 4.78 is 34.7. The molecule has 7 nitrogen and oxygen atoms in total. The summed E-state index contributed by atoms with van der Waals surface area (Å²) in [5, 5.41) is 9.75. The van der Waals surface area contributed by atoms with Gasteiger partial charge in [-0.15, -0.1) is 0 Å². The lowest BCUT2D eigenvalue weighted by Gasteiger charge is -2.37. The minimum Gasteiger partial charge on any atom is -0.487 e. The molecule has 0 spiro atoms. The number of hydrogen-bond donors (Lipinski definition) is 1. The lowest BCUT2D eigenvalue weighted by atomic mass is 10.0. The van der Waals surface area contributed by atoms with Crippen LogP contribution >= 0.6 is 0 Å². The number of aliphatic hydroxyl groups is 1. The Hall–Kier alpha value is -2.26. The molecule has 3 atom stereocenters. The van der Waals surface area contributed by atoms with Crippen molar-refractivity contribution in [3.63, 3.8) is 0 Å². The summed E-state index contributed by atoms with van der Waals surface area (Å²) in [5.74, 6) is 0.266. The van der Waals surface area contributed by atoms with E-state index in [1.807, 2.05) is 45.2 Å². The summed E-state index contributed by atoms with van der Waals surface area (Å²) in [7, 11) is -1.79. The van der Waals surface area contributed by atoms with Gasteiger partial charge in [0, 0.05) is 44.0 Å². The van der Waals surface area contributed by atoms with E-state index in [4.69, 9.17) is 4.74 Å². The summed E-state index contributed by atoms with van der Waals surface area (Å²) in [6.45, 7) is 7.02. The quantitative estimate of drug-likeness (QED) is 0.685. The fraction of sp³-hybridized carbons (Fsp3) is 0.458. The third-order valence-corrected chi connectivity index (χ3v) is 7.76. The average molecular weight is 460 g/mol. The molecule has 0 aliphatic carbocycles. The second-order valence-electron chi connectivity index (χ2n) is 8.50. The van der Waals surface area contributed by atoms with Crippen molar-refractivity contribution >= 4 is 16.1 Å². The SMILES string of the molecule is C/C=C/c1ccc2c(c1)O[C@H](CN(C)Cc1ccncc1)[C@@H](C)CN([C@H](C)CO)S2(=O)=O. The summed E-state index contributed by atoms with van der Waals surface area (Å²) in [5.41, 5.74) is 2.02. The summed E-state index contributed by atoms with van der Waals surface area (Å²) >= 11 is 0. The van der Waals surface area contributed by atoms with E-state index in [1.165, 1.54) is 4.31 Å². The van der Waals surface area contributed by atoms with Crippen molar-refractivity contribution in [2.24, 2.45) is 5.92 Å². The molecule has 1 aromatic carbocycles. The van der Waals surface area contributed by atoms with Crippen LogP contribution in [0.5, 0.6) is 5.75 Å². The third-order valence-electron chi connectivity index (χ3n) is 5.74. The molecule has 1 aliphatic heterocycles. The fourth-order valence-electron chi connectivity index (χ4n) is 3.93. The van der Waals surface area contributed by atoms with Crippen LogP contribution in [0, 0.1) is 5.92 Å². The Morgan fingerprint density at radius 3 is 2.69 bits per heavy atom. The number of allylic oxidation sites excluding steroid dienone is 1. The molecule has 0 amide bonds. The van der Waals surface area contributed by atoms with Gasteiger partial charge in [-0.2, -0.15) is 4.31 Å². The second-order valence-corrected chi connectivity index (χ2v) is 10.4. The number of sulfonamides is 1. The summed E-state index contributed by atoms with van der Waals surface area (Å²) in [6, 6.07) is 8.59. The summed E-state index contributed by atoms with van der Waals surface area (Å²) in [4.78, 5) is 6.37. The van der Waals surface area contributed by atoms with Gasteiger partial charge in [-0.05, 0) is 56.3 Å². The Kier molecular flexibility index (Phi) is 8.05. The van der Waals surface area contributed by atoms with E-state index in [0.29, 0.717) is 12.3 Å². The normalized spacial score (nSPS) is 22.2. The molecule has 3 rings (SSSR count). The molecule has 1 aromatic heterocycles. The molecule has 2 aromatic rings. The molecule has 0 saturated heterocycles. The van der Waals surface area contributed by atoms with Gasteiger partial charge in [0.1, 0.15) is 16.7 Å². The van der Waals surface area contributed by atoms with Crippen LogP contribution in [0.2, 0.25) is 0 Å². The van der Waals surface area contributed by atoms with Crippen molar-refractivity contribution in [1.29, 1.82) is 0 Å². The number of hydrogen-bond acceptors (Lipinski definition) is 6. The van der Waals surface area contributed by atoms with E-state index in [-0.39, 0.29) is 30.1 Å². The molecule has 0 unspecified atom stereocenters. The molecule has 0 bridgehead atoms. The highest BCUT2D eigenvalue weighted by molar-refractivity contribution is 7.89. The van der Waals surface area contributed by atoms with Gasteiger partial charge in [-0.25, -0.2) is 8.42 Å². The number of likely N-dealkylation sites (N-methyl/N-ethyl adjacent to an activating group) is 1. The van der Waals surface area contributed by atoms with Gasteiger partial charge in [0.05, 0.1) is 6.61 Å². The lowest BCUT2D eigenvalue weighted by Crippen LogP contribution is -2.49. The first-order valence-corrected chi connectivity index (χ1v) is 12.3. The van der Waals surface area contributed by atoms with Crippen LogP contribution in [0.1, 0.15) is 31.9 Å². The lowest BCUT2D eigenvalue weighted by molar-refractivity contribution is 0.0733. The predicted octanol–water partition coefficient (Wildman–Crippen LogP) is 3.02. The van der Waals surface area contributed by atoms with E-state index in [9.17, 15) is 13.5 Å². The first-order chi connectivity index (χ1) is 15.3. The van der Waals surface area contributed by atoms with Gasteiger partial charge in [-0.3, -0.25) is 9.88 Å². The molecule has 1 N–H and O–H groups in total. The Bertz CT molecular complexity index is 1030. The molecule has 0 radical (unpaired) electrons. The number of fused-ring (bicyclic) bond motifs is 1. The predicted molar refractivity (Wildman–Crippen MR) is 126 cm³/mol. The fourth-order valence-corrected chi connectivity index (χ4v) is 5.75. The number of benzene rings is 1. The van der Waals surface area contributed by atoms with Crippen molar-refractivity contribution in [3.8, 4) is 5.75 Å². The zero-order chi connectivity index (χ0) is 23.3. The van der Waals surface area contributed by atoms with Gasteiger partial charge >= 0.3 is 0 Å². The van der Waals surface area contributed by atoms with Crippen molar-refractivity contribution in [1.82, 2.24) is 14.2 Å². The number of aliphatic hydroxyl groups excluding tert-OH is 1. The van der Waals surface area contributed by atoms with E-state index in [0.717, 1.165) is 17.7 Å². The standard InChI is InChI=1S/C24H33N3O4S/c1-5-6-20-7-8-24-22(13-20)31-23(16-26(4)15-21-9-11-25-12-10-21)18(2)14-27(19(3)17-28)32(24,29)30/h5-13,18-19,23,28H,14-17H2,1-4H3/b6-5+/t18-,19+,23+/m0/s1. The highest BCUT2D eigenvalue weighted by Gasteiger charge is 2.38. The van der Waals surface area contributed by atoms with Gasteiger partial charge in [0.25, 0.3) is 0 Å².